The molecular weight excluding hydrogens is 420 g/mol. The number of carbonyl (C=O) groups excluding carboxylic acids is 2. The number of phenolic OH excluding ortho intramolecular Hbond substituents is 1. The Morgan fingerprint density at radius 1 is 0.879 bits per heavy atom. The third kappa shape index (κ3) is 5.92. The standard InChI is InChI=1S/C26H26N2O5/c1-28(2)26(31)24(19-14-22(32-3)16-23(15-19)33-4)12-17-8-10-20(11-9-17)27-25(30)18-6-5-7-21(29)13-18/h5-16,29H,1-4H3,(H,27,30). The lowest BCUT2D eigenvalue weighted by atomic mass is 10.0. The Balaban J connectivity index is 1.90. The summed E-state index contributed by atoms with van der Waals surface area (Å²) in [5.41, 5.74) is 2.84. The topological polar surface area (TPSA) is 88.1 Å². The van der Waals surface area contributed by atoms with Crippen LogP contribution in [-0.4, -0.2) is 50.1 Å². The first-order valence-corrected chi connectivity index (χ1v) is 10.2. The van der Waals surface area contributed by atoms with Crippen LogP contribution in [0.25, 0.3) is 11.6 Å². The van der Waals surface area contributed by atoms with E-state index in [2.05, 4.69) is 5.32 Å². The fraction of sp³-hybridized carbons (Fsp3) is 0.154. The van der Waals surface area contributed by atoms with Crippen LogP contribution in [-0.2, 0) is 4.79 Å². The minimum Gasteiger partial charge on any atom is -0.508 e. The first kappa shape index (κ1) is 23.4. The van der Waals surface area contributed by atoms with Gasteiger partial charge in [0.05, 0.1) is 14.2 Å². The number of benzene rings is 3. The number of nitrogens with zero attached hydrogens (tertiary/aromatic N) is 1. The molecule has 3 aromatic rings. The highest BCUT2D eigenvalue weighted by molar-refractivity contribution is 6.24. The van der Waals surface area contributed by atoms with E-state index in [1.54, 1.807) is 89.0 Å². The first-order chi connectivity index (χ1) is 15.8. The van der Waals surface area contributed by atoms with Crippen LogP contribution >= 0.6 is 0 Å². The van der Waals surface area contributed by atoms with Gasteiger partial charge in [0.1, 0.15) is 17.2 Å². The lowest BCUT2D eigenvalue weighted by Gasteiger charge is -2.16. The number of likely N-dealkylation sites (N-methyl/N-ethyl adjacent to an activating group) is 1. The summed E-state index contributed by atoms with van der Waals surface area (Å²) in [6.45, 7) is 0. The van der Waals surface area contributed by atoms with Crippen LogP contribution in [0.3, 0.4) is 0 Å². The van der Waals surface area contributed by atoms with E-state index < -0.39 is 0 Å². The molecule has 0 aromatic heterocycles. The van der Waals surface area contributed by atoms with E-state index in [0.29, 0.717) is 33.9 Å². The van der Waals surface area contributed by atoms with Crippen molar-refractivity contribution in [3.8, 4) is 17.2 Å². The van der Waals surface area contributed by atoms with Gasteiger partial charge in [-0.2, -0.15) is 0 Å². The third-order valence-corrected chi connectivity index (χ3v) is 4.89. The average Bonchev–Trinajstić information content (AvgIpc) is 2.82. The van der Waals surface area contributed by atoms with Gasteiger partial charge in [-0.1, -0.05) is 18.2 Å². The maximum atomic E-state index is 12.9. The van der Waals surface area contributed by atoms with Crippen LogP contribution in [0.2, 0.25) is 0 Å². The molecule has 0 saturated carbocycles. The van der Waals surface area contributed by atoms with Gasteiger partial charge in [-0.3, -0.25) is 9.59 Å². The van der Waals surface area contributed by atoms with Crippen molar-refractivity contribution in [1.82, 2.24) is 4.90 Å². The zero-order valence-corrected chi connectivity index (χ0v) is 19.0. The summed E-state index contributed by atoms with van der Waals surface area (Å²) in [6.07, 6.45) is 1.78. The molecule has 0 fully saturated rings. The van der Waals surface area contributed by atoms with Gasteiger partial charge in [-0.25, -0.2) is 0 Å². The molecule has 7 heteroatoms. The van der Waals surface area contributed by atoms with E-state index in [1.165, 1.54) is 17.0 Å². The molecule has 0 spiro atoms. The molecule has 0 unspecified atom stereocenters. The number of ether oxygens (including phenoxy) is 2. The summed E-state index contributed by atoms with van der Waals surface area (Å²) >= 11 is 0. The Bertz CT molecular complexity index is 1160. The molecule has 0 bridgehead atoms. The fourth-order valence-electron chi connectivity index (χ4n) is 3.15. The van der Waals surface area contributed by atoms with Gasteiger partial charge in [0.25, 0.3) is 11.8 Å². The summed E-state index contributed by atoms with van der Waals surface area (Å²) in [5.74, 6) is 0.668. The van der Waals surface area contributed by atoms with Crippen LogP contribution < -0.4 is 14.8 Å². The molecule has 3 rings (SSSR count). The summed E-state index contributed by atoms with van der Waals surface area (Å²) < 4.78 is 10.7. The second kappa shape index (κ2) is 10.4. The van der Waals surface area contributed by atoms with E-state index >= 15 is 0 Å². The number of phenols is 1. The Morgan fingerprint density at radius 2 is 1.52 bits per heavy atom. The van der Waals surface area contributed by atoms with Gasteiger partial charge < -0.3 is 24.8 Å². The van der Waals surface area contributed by atoms with E-state index in [0.717, 1.165) is 5.56 Å². The number of aromatic hydroxyl groups is 1. The van der Waals surface area contributed by atoms with Crippen molar-refractivity contribution < 1.29 is 24.2 Å². The highest BCUT2D eigenvalue weighted by Gasteiger charge is 2.17. The molecule has 0 aliphatic rings. The van der Waals surface area contributed by atoms with Crippen LogP contribution in [0.4, 0.5) is 5.69 Å². The lowest BCUT2D eigenvalue weighted by molar-refractivity contribution is -0.122. The number of anilines is 1. The molecule has 7 nitrogen and oxygen atoms in total. The van der Waals surface area contributed by atoms with E-state index in [4.69, 9.17) is 9.47 Å². The normalized spacial score (nSPS) is 11.0. The van der Waals surface area contributed by atoms with Gasteiger partial charge in [0.2, 0.25) is 0 Å². The molecule has 170 valence electrons. The van der Waals surface area contributed by atoms with Crippen molar-refractivity contribution in [3.05, 3.63) is 83.4 Å². The molecule has 0 radical (unpaired) electrons. The predicted molar refractivity (Wildman–Crippen MR) is 129 cm³/mol. The molecule has 0 aliphatic heterocycles. The van der Waals surface area contributed by atoms with Crippen LogP contribution in [0.5, 0.6) is 17.2 Å². The Labute approximate surface area is 192 Å². The zero-order chi connectivity index (χ0) is 24.0. The smallest absolute Gasteiger partial charge is 0.255 e. The summed E-state index contributed by atoms with van der Waals surface area (Å²) in [4.78, 5) is 26.8. The SMILES string of the molecule is COc1cc(OC)cc(C(=Cc2ccc(NC(=O)c3cccc(O)c3)cc2)C(=O)N(C)C)c1. The largest absolute Gasteiger partial charge is 0.508 e. The average molecular weight is 447 g/mol. The minimum absolute atomic E-state index is 0.0235. The van der Waals surface area contributed by atoms with Gasteiger partial charge in [0.15, 0.2) is 0 Å². The van der Waals surface area contributed by atoms with E-state index in [1.807, 2.05) is 0 Å². The fourth-order valence-corrected chi connectivity index (χ4v) is 3.15. The van der Waals surface area contributed by atoms with Crippen LogP contribution in [0, 0.1) is 0 Å². The molecule has 0 saturated heterocycles. The van der Waals surface area contributed by atoms with Crippen molar-refractivity contribution in [2.75, 3.05) is 33.6 Å². The number of carbonyl (C=O) groups is 2. The highest BCUT2D eigenvalue weighted by Crippen LogP contribution is 2.29. The zero-order valence-electron chi connectivity index (χ0n) is 19.0. The summed E-state index contributed by atoms with van der Waals surface area (Å²) in [7, 11) is 6.49. The van der Waals surface area contributed by atoms with Gasteiger partial charge >= 0.3 is 0 Å². The summed E-state index contributed by atoms with van der Waals surface area (Å²) in [5, 5.41) is 12.3. The number of nitrogens with one attached hydrogen (secondary N) is 1. The van der Waals surface area contributed by atoms with Crippen LogP contribution in [0.15, 0.2) is 66.7 Å². The Kier molecular flexibility index (Phi) is 7.35. The molecule has 0 aliphatic carbocycles. The van der Waals surface area contributed by atoms with Crippen molar-refractivity contribution in [1.29, 1.82) is 0 Å². The molecule has 0 atom stereocenters. The quantitative estimate of drug-likeness (QED) is 0.418. The number of amides is 2. The van der Waals surface area contributed by atoms with Crippen molar-refractivity contribution in [2.24, 2.45) is 0 Å². The van der Waals surface area contributed by atoms with Crippen molar-refractivity contribution in [3.63, 3.8) is 0 Å². The van der Waals surface area contributed by atoms with Gasteiger partial charge in [-0.15, -0.1) is 0 Å². The molecule has 2 amide bonds. The monoisotopic (exact) mass is 446 g/mol. The van der Waals surface area contributed by atoms with Crippen molar-refractivity contribution in [2.45, 2.75) is 0 Å². The Hall–Kier alpha value is -4.26. The molecule has 0 heterocycles. The van der Waals surface area contributed by atoms with Gasteiger partial charge in [0, 0.05) is 37.0 Å². The minimum atomic E-state index is -0.332. The lowest BCUT2D eigenvalue weighted by Crippen LogP contribution is -2.22. The molecule has 3 aromatic carbocycles. The van der Waals surface area contributed by atoms with E-state index in [-0.39, 0.29) is 17.6 Å². The van der Waals surface area contributed by atoms with E-state index in [9.17, 15) is 14.7 Å². The summed E-state index contributed by atoms with van der Waals surface area (Å²) in [6, 6.07) is 18.5. The third-order valence-electron chi connectivity index (χ3n) is 4.89. The van der Waals surface area contributed by atoms with Gasteiger partial charge in [-0.05, 0) is 59.7 Å². The second-order valence-electron chi connectivity index (χ2n) is 7.49. The maximum absolute atomic E-state index is 12.9. The molecule has 2 N–H and O–H groups in total. The highest BCUT2D eigenvalue weighted by atomic mass is 16.5. The van der Waals surface area contributed by atoms with Crippen molar-refractivity contribution >= 4 is 29.2 Å². The maximum Gasteiger partial charge on any atom is 0.255 e. The Morgan fingerprint density at radius 3 is 2.06 bits per heavy atom. The first-order valence-electron chi connectivity index (χ1n) is 10.2. The number of rotatable bonds is 7. The molecule has 33 heavy (non-hydrogen) atoms. The predicted octanol–water partition coefficient (Wildman–Crippen LogP) is 4.29. The molecular formula is C26H26N2O5. The second-order valence-corrected chi connectivity index (χ2v) is 7.49. The number of hydrogen-bond donors (Lipinski definition) is 2. The number of hydrogen-bond acceptors (Lipinski definition) is 5. The van der Waals surface area contributed by atoms with Crippen LogP contribution in [0.1, 0.15) is 21.5 Å². The number of methoxy groups -OCH3 is 2.